The summed E-state index contributed by atoms with van der Waals surface area (Å²) in [5.41, 5.74) is 1.54. The first kappa shape index (κ1) is 13.3. The summed E-state index contributed by atoms with van der Waals surface area (Å²) in [6.07, 6.45) is 0. The standard InChI is InChI=1S/C12H15Cl2NO/c1-8-6-10(4-5-11(8)14)12(16)15(3)9(2)7-13/h4-6,9H,7H2,1-3H3. The van der Waals surface area contributed by atoms with Crippen LogP contribution in [0, 0.1) is 6.92 Å². The van der Waals surface area contributed by atoms with Gasteiger partial charge in [-0.25, -0.2) is 0 Å². The Morgan fingerprint density at radius 3 is 2.62 bits per heavy atom. The number of amides is 1. The van der Waals surface area contributed by atoms with Crippen LogP contribution in [0.15, 0.2) is 18.2 Å². The molecule has 1 aromatic carbocycles. The lowest BCUT2D eigenvalue weighted by molar-refractivity contribution is 0.0756. The van der Waals surface area contributed by atoms with Gasteiger partial charge in [-0.3, -0.25) is 4.79 Å². The Balaban J connectivity index is 2.92. The maximum atomic E-state index is 12.0. The van der Waals surface area contributed by atoms with E-state index in [1.165, 1.54) is 0 Å². The zero-order valence-electron chi connectivity index (χ0n) is 9.63. The summed E-state index contributed by atoms with van der Waals surface area (Å²) >= 11 is 11.6. The summed E-state index contributed by atoms with van der Waals surface area (Å²) in [6.45, 7) is 3.79. The molecule has 0 fully saturated rings. The maximum Gasteiger partial charge on any atom is 0.253 e. The van der Waals surface area contributed by atoms with E-state index in [-0.39, 0.29) is 11.9 Å². The highest BCUT2D eigenvalue weighted by Gasteiger charge is 2.16. The Morgan fingerprint density at radius 2 is 2.12 bits per heavy atom. The van der Waals surface area contributed by atoms with Crippen LogP contribution in [0.5, 0.6) is 0 Å². The lowest BCUT2D eigenvalue weighted by atomic mass is 10.1. The second-order valence-electron chi connectivity index (χ2n) is 3.88. The van der Waals surface area contributed by atoms with Crippen molar-refractivity contribution in [3.05, 3.63) is 34.3 Å². The summed E-state index contributed by atoms with van der Waals surface area (Å²) in [4.78, 5) is 13.7. The lowest BCUT2D eigenvalue weighted by Gasteiger charge is -2.23. The van der Waals surface area contributed by atoms with Crippen LogP contribution in [-0.4, -0.2) is 29.8 Å². The number of benzene rings is 1. The van der Waals surface area contributed by atoms with Gasteiger partial charge in [-0.05, 0) is 37.6 Å². The molecule has 1 amide bonds. The first-order valence-electron chi connectivity index (χ1n) is 5.06. The van der Waals surface area contributed by atoms with Gasteiger partial charge in [0, 0.05) is 29.6 Å². The van der Waals surface area contributed by atoms with Gasteiger partial charge < -0.3 is 4.90 Å². The molecule has 0 aliphatic carbocycles. The average Bonchev–Trinajstić information content (AvgIpc) is 2.29. The Kier molecular flexibility index (Phi) is 4.63. The zero-order chi connectivity index (χ0) is 12.3. The van der Waals surface area contributed by atoms with Crippen molar-refractivity contribution in [3.63, 3.8) is 0 Å². The first-order chi connectivity index (χ1) is 7.47. The van der Waals surface area contributed by atoms with Crippen LogP contribution < -0.4 is 0 Å². The molecule has 1 aromatic rings. The number of nitrogens with zero attached hydrogens (tertiary/aromatic N) is 1. The second-order valence-corrected chi connectivity index (χ2v) is 4.60. The third kappa shape index (κ3) is 2.89. The van der Waals surface area contributed by atoms with E-state index in [0.29, 0.717) is 16.5 Å². The van der Waals surface area contributed by atoms with Crippen LogP contribution in [0.3, 0.4) is 0 Å². The molecule has 16 heavy (non-hydrogen) atoms. The molecule has 0 aliphatic rings. The molecule has 0 spiro atoms. The molecule has 2 nitrogen and oxygen atoms in total. The van der Waals surface area contributed by atoms with E-state index in [1.54, 1.807) is 30.1 Å². The van der Waals surface area contributed by atoms with Crippen molar-refractivity contribution < 1.29 is 4.79 Å². The Hall–Kier alpha value is -0.730. The fraction of sp³-hybridized carbons (Fsp3) is 0.417. The summed E-state index contributed by atoms with van der Waals surface area (Å²) < 4.78 is 0. The number of hydrogen-bond donors (Lipinski definition) is 0. The molecule has 0 N–H and O–H groups in total. The topological polar surface area (TPSA) is 20.3 Å². The number of aryl methyl sites for hydroxylation is 1. The average molecular weight is 260 g/mol. The molecule has 1 rings (SSSR count). The van der Waals surface area contributed by atoms with Gasteiger partial charge in [-0.1, -0.05) is 11.6 Å². The van der Waals surface area contributed by atoms with Gasteiger partial charge >= 0.3 is 0 Å². The van der Waals surface area contributed by atoms with Gasteiger partial charge in [-0.2, -0.15) is 0 Å². The van der Waals surface area contributed by atoms with Crippen LogP contribution in [0.4, 0.5) is 0 Å². The van der Waals surface area contributed by atoms with Crippen LogP contribution in [-0.2, 0) is 0 Å². The predicted octanol–water partition coefficient (Wildman–Crippen LogP) is 3.35. The molecule has 1 atom stereocenters. The zero-order valence-corrected chi connectivity index (χ0v) is 11.1. The van der Waals surface area contributed by atoms with Crippen LogP contribution in [0.1, 0.15) is 22.8 Å². The number of hydrogen-bond acceptors (Lipinski definition) is 1. The monoisotopic (exact) mass is 259 g/mol. The third-order valence-electron chi connectivity index (χ3n) is 2.61. The highest BCUT2D eigenvalue weighted by Crippen LogP contribution is 2.17. The molecule has 1 unspecified atom stereocenters. The smallest absolute Gasteiger partial charge is 0.253 e. The lowest BCUT2D eigenvalue weighted by Crippen LogP contribution is -2.36. The molecule has 0 saturated carbocycles. The molecular weight excluding hydrogens is 245 g/mol. The summed E-state index contributed by atoms with van der Waals surface area (Å²) in [7, 11) is 1.75. The van der Waals surface area contributed by atoms with Gasteiger partial charge in [0.05, 0.1) is 0 Å². The van der Waals surface area contributed by atoms with Crippen molar-refractivity contribution in [1.82, 2.24) is 4.90 Å². The second kappa shape index (κ2) is 5.55. The van der Waals surface area contributed by atoms with E-state index in [0.717, 1.165) is 5.56 Å². The van der Waals surface area contributed by atoms with E-state index in [2.05, 4.69) is 0 Å². The molecule has 0 bridgehead atoms. The Bertz CT molecular complexity index is 393. The highest BCUT2D eigenvalue weighted by molar-refractivity contribution is 6.31. The van der Waals surface area contributed by atoms with E-state index in [1.807, 2.05) is 13.8 Å². The molecule has 0 saturated heterocycles. The van der Waals surface area contributed by atoms with Crippen LogP contribution in [0.25, 0.3) is 0 Å². The van der Waals surface area contributed by atoms with Gasteiger partial charge in [-0.15, -0.1) is 11.6 Å². The fourth-order valence-corrected chi connectivity index (χ4v) is 1.61. The predicted molar refractivity (Wildman–Crippen MR) is 68.5 cm³/mol. The number of alkyl halides is 1. The van der Waals surface area contributed by atoms with Crippen LogP contribution in [0.2, 0.25) is 5.02 Å². The largest absolute Gasteiger partial charge is 0.338 e. The minimum Gasteiger partial charge on any atom is -0.338 e. The molecular formula is C12H15Cl2NO. The Labute approximate surface area is 106 Å². The van der Waals surface area contributed by atoms with E-state index in [4.69, 9.17) is 23.2 Å². The maximum absolute atomic E-state index is 12.0. The quantitative estimate of drug-likeness (QED) is 0.763. The number of halogens is 2. The van der Waals surface area contributed by atoms with E-state index >= 15 is 0 Å². The van der Waals surface area contributed by atoms with Crippen molar-refractivity contribution >= 4 is 29.1 Å². The van der Waals surface area contributed by atoms with Gasteiger partial charge in [0.25, 0.3) is 5.91 Å². The van der Waals surface area contributed by atoms with E-state index in [9.17, 15) is 4.79 Å². The van der Waals surface area contributed by atoms with Crippen molar-refractivity contribution in [1.29, 1.82) is 0 Å². The fourth-order valence-electron chi connectivity index (χ4n) is 1.29. The molecule has 0 radical (unpaired) electrons. The Morgan fingerprint density at radius 1 is 1.50 bits per heavy atom. The highest BCUT2D eigenvalue weighted by atomic mass is 35.5. The molecule has 88 valence electrons. The van der Waals surface area contributed by atoms with Crippen molar-refractivity contribution in [2.24, 2.45) is 0 Å². The number of carbonyl (C=O) groups excluding carboxylic acids is 1. The molecule has 0 heterocycles. The summed E-state index contributed by atoms with van der Waals surface area (Å²) in [5.74, 6) is 0.391. The van der Waals surface area contributed by atoms with Crippen molar-refractivity contribution in [2.75, 3.05) is 12.9 Å². The van der Waals surface area contributed by atoms with Gasteiger partial charge in [0.2, 0.25) is 0 Å². The minimum absolute atomic E-state index is 0.0187. The van der Waals surface area contributed by atoms with Crippen LogP contribution >= 0.6 is 23.2 Å². The normalized spacial score (nSPS) is 12.3. The van der Waals surface area contributed by atoms with Crippen molar-refractivity contribution in [3.8, 4) is 0 Å². The van der Waals surface area contributed by atoms with Crippen molar-refractivity contribution in [2.45, 2.75) is 19.9 Å². The van der Waals surface area contributed by atoms with Gasteiger partial charge in [0.15, 0.2) is 0 Å². The van der Waals surface area contributed by atoms with Gasteiger partial charge in [0.1, 0.15) is 0 Å². The first-order valence-corrected chi connectivity index (χ1v) is 5.98. The third-order valence-corrected chi connectivity index (χ3v) is 3.48. The molecule has 0 aliphatic heterocycles. The molecule has 0 aromatic heterocycles. The summed E-state index contributed by atoms with van der Waals surface area (Å²) in [6, 6.07) is 5.28. The SMILES string of the molecule is Cc1cc(C(=O)N(C)C(C)CCl)ccc1Cl. The molecule has 4 heteroatoms. The summed E-state index contributed by atoms with van der Waals surface area (Å²) in [5, 5.41) is 0.671. The number of rotatable bonds is 3. The minimum atomic E-state index is -0.0343. The van der Waals surface area contributed by atoms with E-state index < -0.39 is 0 Å². The number of carbonyl (C=O) groups is 1.